The average molecular weight is 465 g/mol. The molecule has 0 radical (unpaired) electrons. The lowest BCUT2D eigenvalue weighted by atomic mass is 9.98. The van der Waals surface area contributed by atoms with Crippen LogP contribution in [0.2, 0.25) is 0 Å². The van der Waals surface area contributed by atoms with Gasteiger partial charge in [0.25, 0.3) is 5.22 Å². The van der Waals surface area contributed by atoms with Crippen LogP contribution in [0.4, 0.5) is 0 Å². The van der Waals surface area contributed by atoms with Crippen LogP contribution in [0.25, 0.3) is 0 Å². The lowest BCUT2D eigenvalue weighted by Crippen LogP contribution is -2.36. The van der Waals surface area contributed by atoms with E-state index in [0.717, 1.165) is 39.1 Å². The third-order valence-electron chi connectivity index (χ3n) is 6.08. The number of benzene rings is 2. The van der Waals surface area contributed by atoms with E-state index in [-0.39, 0.29) is 5.91 Å². The maximum atomic E-state index is 12.8. The molecule has 7 heteroatoms. The van der Waals surface area contributed by atoms with E-state index in [1.165, 1.54) is 28.5 Å². The van der Waals surface area contributed by atoms with Gasteiger partial charge in [-0.2, -0.15) is 0 Å². The zero-order valence-corrected chi connectivity index (χ0v) is 20.3. The number of aromatic nitrogens is 2. The molecule has 33 heavy (non-hydrogen) atoms. The first kappa shape index (κ1) is 23.5. The van der Waals surface area contributed by atoms with Crippen LogP contribution in [0.1, 0.15) is 41.8 Å². The first-order valence-corrected chi connectivity index (χ1v) is 12.6. The summed E-state index contributed by atoms with van der Waals surface area (Å²) >= 11 is 1.33. The van der Waals surface area contributed by atoms with Gasteiger partial charge in [-0.25, -0.2) is 0 Å². The van der Waals surface area contributed by atoms with E-state index in [2.05, 4.69) is 65.3 Å². The molecule has 0 spiro atoms. The van der Waals surface area contributed by atoms with Crippen LogP contribution in [0.15, 0.2) is 64.2 Å². The number of hydrogen-bond donors (Lipinski definition) is 0. The molecule has 1 aliphatic heterocycles. The Balaban J connectivity index is 1.22. The Bertz CT molecular complexity index is 1020. The molecule has 1 saturated heterocycles. The van der Waals surface area contributed by atoms with Crippen LogP contribution in [0, 0.1) is 6.92 Å². The summed E-state index contributed by atoms with van der Waals surface area (Å²) < 4.78 is 5.79. The Kier molecular flexibility index (Phi) is 8.18. The Morgan fingerprint density at radius 1 is 1.03 bits per heavy atom. The molecule has 1 aliphatic rings. The second-order valence-electron chi connectivity index (χ2n) is 8.76. The summed E-state index contributed by atoms with van der Waals surface area (Å²) in [5.41, 5.74) is 3.85. The topological polar surface area (TPSA) is 62.5 Å². The standard InChI is InChI=1S/C26H32N4O2S/c1-20-9-11-22(12-10-20)18-29-13-6-14-30(16-15-29)25(31)19-33-26-28-27-24(32-26)17-21(2)23-7-4-3-5-8-23/h3-5,7-12,21H,6,13-19H2,1-2H3. The van der Waals surface area contributed by atoms with Crippen LogP contribution < -0.4 is 0 Å². The van der Waals surface area contributed by atoms with E-state index < -0.39 is 0 Å². The summed E-state index contributed by atoms with van der Waals surface area (Å²) in [5.74, 6) is 1.37. The zero-order chi connectivity index (χ0) is 23.0. The smallest absolute Gasteiger partial charge is 0.277 e. The molecule has 0 N–H and O–H groups in total. The molecule has 1 aromatic heterocycles. The van der Waals surface area contributed by atoms with Gasteiger partial charge in [0.1, 0.15) is 0 Å². The molecule has 174 valence electrons. The summed E-state index contributed by atoms with van der Waals surface area (Å²) in [7, 11) is 0. The summed E-state index contributed by atoms with van der Waals surface area (Å²) in [6.07, 6.45) is 1.68. The second kappa shape index (κ2) is 11.5. The Hall–Kier alpha value is -2.64. The van der Waals surface area contributed by atoms with Crippen molar-refractivity contribution in [1.82, 2.24) is 20.0 Å². The first-order chi connectivity index (χ1) is 16.1. The van der Waals surface area contributed by atoms with Gasteiger partial charge in [0.2, 0.25) is 11.8 Å². The molecule has 1 unspecified atom stereocenters. The van der Waals surface area contributed by atoms with Gasteiger partial charge in [0, 0.05) is 39.1 Å². The minimum Gasteiger partial charge on any atom is -0.416 e. The Labute approximate surface area is 200 Å². The highest BCUT2D eigenvalue weighted by Crippen LogP contribution is 2.23. The van der Waals surface area contributed by atoms with Crippen LogP contribution in [0.3, 0.4) is 0 Å². The normalized spacial score (nSPS) is 15.9. The van der Waals surface area contributed by atoms with Crippen molar-refractivity contribution in [3.63, 3.8) is 0 Å². The number of carbonyl (C=O) groups is 1. The predicted octanol–water partition coefficient (Wildman–Crippen LogP) is 4.55. The van der Waals surface area contributed by atoms with E-state index in [1.54, 1.807) is 0 Å². The number of thioether (sulfide) groups is 1. The summed E-state index contributed by atoms with van der Waals surface area (Å²) in [5, 5.41) is 8.77. The average Bonchev–Trinajstić information content (AvgIpc) is 3.15. The number of amides is 1. The molecule has 0 aliphatic carbocycles. The fourth-order valence-corrected chi connectivity index (χ4v) is 4.77. The fraction of sp³-hybridized carbons (Fsp3) is 0.423. The van der Waals surface area contributed by atoms with E-state index in [0.29, 0.717) is 29.2 Å². The molecule has 0 saturated carbocycles. The number of carbonyl (C=O) groups excluding carboxylic acids is 1. The lowest BCUT2D eigenvalue weighted by molar-refractivity contribution is -0.128. The van der Waals surface area contributed by atoms with Crippen molar-refractivity contribution in [3.8, 4) is 0 Å². The summed E-state index contributed by atoms with van der Waals surface area (Å²) in [4.78, 5) is 17.2. The van der Waals surface area contributed by atoms with Crippen molar-refractivity contribution in [1.29, 1.82) is 0 Å². The Morgan fingerprint density at radius 2 is 1.82 bits per heavy atom. The molecule has 1 fully saturated rings. The zero-order valence-electron chi connectivity index (χ0n) is 19.4. The molecule has 2 aromatic carbocycles. The van der Waals surface area contributed by atoms with E-state index in [9.17, 15) is 4.79 Å². The van der Waals surface area contributed by atoms with Crippen molar-refractivity contribution < 1.29 is 9.21 Å². The molecule has 1 amide bonds. The minimum absolute atomic E-state index is 0.134. The highest BCUT2D eigenvalue weighted by molar-refractivity contribution is 7.99. The van der Waals surface area contributed by atoms with Crippen molar-refractivity contribution in [2.45, 2.75) is 44.4 Å². The molecular formula is C26H32N4O2S. The van der Waals surface area contributed by atoms with Crippen LogP contribution in [-0.4, -0.2) is 57.8 Å². The molecule has 1 atom stereocenters. The van der Waals surface area contributed by atoms with Gasteiger partial charge in [-0.15, -0.1) is 10.2 Å². The minimum atomic E-state index is 0.134. The van der Waals surface area contributed by atoms with Gasteiger partial charge in [-0.1, -0.05) is 78.8 Å². The number of hydrogen-bond acceptors (Lipinski definition) is 6. The molecule has 6 nitrogen and oxygen atoms in total. The Morgan fingerprint density at radius 3 is 2.61 bits per heavy atom. The summed E-state index contributed by atoms with van der Waals surface area (Å²) in [6, 6.07) is 19.0. The highest BCUT2D eigenvalue weighted by atomic mass is 32.2. The van der Waals surface area contributed by atoms with Crippen LogP contribution in [-0.2, 0) is 17.8 Å². The van der Waals surface area contributed by atoms with Gasteiger partial charge >= 0.3 is 0 Å². The number of nitrogens with zero attached hydrogens (tertiary/aromatic N) is 4. The monoisotopic (exact) mass is 464 g/mol. The molecule has 4 rings (SSSR count). The van der Waals surface area contributed by atoms with Crippen molar-refractivity contribution in [2.24, 2.45) is 0 Å². The number of rotatable bonds is 8. The lowest BCUT2D eigenvalue weighted by Gasteiger charge is -2.22. The number of aryl methyl sites for hydroxylation is 1. The van der Waals surface area contributed by atoms with E-state index >= 15 is 0 Å². The molecular weight excluding hydrogens is 432 g/mol. The van der Waals surface area contributed by atoms with Crippen molar-refractivity contribution in [2.75, 3.05) is 31.9 Å². The first-order valence-electron chi connectivity index (χ1n) is 11.6. The van der Waals surface area contributed by atoms with Crippen molar-refractivity contribution in [3.05, 3.63) is 77.2 Å². The predicted molar refractivity (Wildman–Crippen MR) is 131 cm³/mol. The fourth-order valence-electron chi connectivity index (χ4n) is 4.09. The van der Waals surface area contributed by atoms with Gasteiger partial charge in [0.15, 0.2) is 0 Å². The van der Waals surface area contributed by atoms with Crippen LogP contribution in [0.5, 0.6) is 0 Å². The third kappa shape index (κ3) is 6.92. The third-order valence-corrected chi connectivity index (χ3v) is 6.89. The SMILES string of the molecule is Cc1ccc(CN2CCCN(C(=O)CSc3nnc(CC(C)c4ccccc4)o3)CC2)cc1. The van der Waals surface area contributed by atoms with Crippen molar-refractivity contribution >= 4 is 17.7 Å². The second-order valence-corrected chi connectivity index (χ2v) is 9.69. The largest absolute Gasteiger partial charge is 0.416 e. The maximum Gasteiger partial charge on any atom is 0.277 e. The van der Waals surface area contributed by atoms with Gasteiger partial charge in [-0.3, -0.25) is 9.69 Å². The highest BCUT2D eigenvalue weighted by Gasteiger charge is 2.20. The quantitative estimate of drug-likeness (QED) is 0.456. The van der Waals surface area contributed by atoms with Gasteiger partial charge in [-0.05, 0) is 30.4 Å². The van der Waals surface area contributed by atoms with Gasteiger partial charge in [0.05, 0.1) is 5.75 Å². The summed E-state index contributed by atoms with van der Waals surface area (Å²) in [6.45, 7) is 8.66. The molecule has 2 heterocycles. The van der Waals surface area contributed by atoms with Gasteiger partial charge < -0.3 is 9.32 Å². The van der Waals surface area contributed by atoms with E-state index in [4.69, 9.17) is 4.42 Å². The molecule has 0 bridgehead atoms. The van der Waals surface area contributed by atoms with E-state index in [1.807, 2.05) is 23.1 Å². The van der Waals surface area contributed by atoms with Crippen LogP contribution >= 0.6 is 11.8 Å². The molecule has 3 aromatic rings. The maximum absolute atomic E-state index is 12.8.